The molecule has 1 aliphatic rings. The number of benzene rings is 1. The maximum atomic E-state index is 6.29. The van der Waals surface area contributed by atoms with Crippen molar-refractivity contribution in [3.63, 3.8) is 0 Å². The Bertz CT molecular complexity index is 723. The Balaban J connectivity index is 2.19. The fourth-order valence-corrected chi connectivity index (χ4v) is 3.66. The highest BCUT2D eigenvalue weighted by atomic mass is 79.9. The summed E-state index contributed by atoms with van der Waals surface area (Å²) in [6.07, 6.45) is 0. The number of hydrazine groups is 1. The first-order chi connectivity index (χ1) is 9.69. The van der Waals surface area contributed by atoms with Crippen LogP contribution in [0, 0.1) is 0 Å². The van der Waals surface area contributed by atoms with Gasteiger partial charge in [0.2, 0.25) is 0 Å². The smallest absolute Gasteiger partial charge is 0.139 e. The zero-order chi connectivity index (χ0) is 14.1. The molecule has 0 saturated carbocycles. The summed E-state index contributed by atoms with van der Waals surface area (Å²) in [6.45, 7) is 0.399. The third-order valence-electron chi connectivity index (χ3n) is 2.86. The van der Waals surface area contributed by atoms with Crippen LogP contribution in [0.15, 0.2) is 44.1 Å². The lowest BCUT2D eigenvalue weighted by atomic mass is 10.0. The van der Waals surface area contributed by atoms with Crippen LogP contribution in [0.25, 0.3) is 0 Å². The Hall–Kier alpha value is -1.21. The molecule has 0 aliphatic carbocycles. The number of hydrogen-bond donors (Lipinski definition) is 2. The van der Waals surface area contributed by atoms with Crippen LogP contribution in [0.2, 0.25) is 5.02 Å². The molecule has 0 spiro atoms. The van der Waals surface area contributed by atoms with Gasteiger partial charge < -0.3 is 5.43 Å². The summed E-state index contributed by atoms with van der Waals surface area (Å²) in [5.41, 5.74) is 5.27. The minimum Gasteiger partial charge on any atom is -0.310 e. The quantitative estimate of drug-likeness (QED) is 0.597. The third kappa shape index (κ3) is 2.52. The lowest BCUT2D eigenvalue weighted by Gasteiger charge is -2.06. The van der Waals surface area contributed by atoms with Gasteiger partial charge in [0.15, 0.2) is 0 Å². The molecule has 0 atom stereocenters. The molecule has 3 N–H and O–H groups in total. The third-order valence-corrected chi connectivity index (χ3v) is 4.72. The van der Waals surface area contributed by atoms with Crippen molar-refractivity contribution in [3.8, 4) is 0 Å². The van der Waals surface area contributed by atoms with E-state index in [-0.39, 0.29) is 0 Å². The van der Waals surface area contributed by atoms with Gasteiger partial charge in [0.1, 0.15) is 10.8 Å². The largest absolute Gasteiger partial charge is 0.310 e. The molecule has 102 valence electrons. The molecule has 2 heterocycles. The Labute approximate surface area is 133 Å². The lowest BCUT2D eigenvalue weighted by molar-refractivity contribution is 0.993. The number of aliphatic imine (C=N–C) groups is 2. The van der Waals surface area contributed by atoms with Gasteiger partial charge in [-0.1, -0.05) is 29.8 Å². The average Bonchev–Trinajstić information content (AvgIpc) is 2.71. The van der Waals surface area contributed by atoms with E-state index in [4.69, 9.17) is 17.4 Å². The predicted molar refractivity (Wildman–Crippen MR) is 88.4 cm³/mol. The molecule has 1 aliphatic heterocycles. The Morgan fingerprint density at radius 2 is 2.10 bits per heavy atom. The predicted octanol–water partition coefficient (Wildman–Crippen LogP) is 3.51. The van der Waals surface area contributed by atoms with Gasteiger partial charge in [-0.2, -0.15) is 0 Å². The molecule has 2 aromatic rings. The second kappa shape index (κ2) is 5.65. The van der Waals surface area contributed by atoms with E-state index < -0.39 is 0 Å². The van der Waals surface area contributed by atoms with Gasteiger partial charge in [-0.15, -0.1) is 11.3 Å². The van der Waals surface area contributed by atoms with Crippen LogP contribution in [0.3, 0.4) is 0 Å². The van der Waals surface area contributed by atoms with Gasteiger partial charge in [-0.3, -0.25) is 4.99 Å². The van der Waals surface area contributed by atoms with Crippen LogP contribution in [0.4, 0.5) is 5.00 Å². The number of hydrogen-bond acceptors (Lipinski definition) is 5. The van der Waals surface area contributed by atoms with Crippen molar-refractivity contribution in [2.45, 2.75) is 0 Å². The van der Waals surface area contributed by atoms with Gasteiger partial charge in [-0.05, 0) is 28.1 Å². The molecule has 1 aromatic heterocycles. The van der Waals surface area contributed by atoms with Gasteiger partial charge in [0, 0.05) is 16.1 Å². The first-order valence-corrected chi connectivity index (χ1v) is 7.81. The van der Waals surface area contributed by atoms with Gasteiger partial charge >= 0.3 is 0 Å². The Morgan fingerprint density at radius 3 is 2.85 bits per heavy atom. The van der Waals surface area contributed by atoms with Gasteiger partial charge in [0.05, 0.1) is 16.0 Å². The SMILES string of the molecule is NNC1=Nc2sc(Br)cc2C(c2ccccc2Cl)=NC1. The van der Waals surface area contributed by atoms with E-state index in [0.717, 1.165) is 25.6 Å². The maximum absolute atomic E-state index is 6.29. The second-order valence-electron chi connectivity index (χ2n) is 4.12. The zero-order valence-corrected chi connectivity index (χ0v) is 13.4. The van der Waals surface area contributed by atoms with Crippen molar-refractivity contribution in [1.82, 2.24) is 5.43 Å². The maximum Gasteiger partial charge on any atom is 0.139 e. The van der Waals surface area contributed by atoms with E-state index in [1.54, 1.807) is 0 Å². The molecule has 0 radical (unpaired) electrons. The fraction of sp³-hybridized carbons (Fsp3) is 0.0769. The summed E-state index contributed by atoms with van der Waals surface area (Å²) in [4.78, 5) is 9.10. The van der Waals surface area contributed by atoms with E-state index in [0.29, 0.717) is 17.4 Å². The molecule has 3 rings (SSSR count). The number of nitrogens with two attached hydrogens (primary N) is 1. The number of halogens is 2. The summed E-state index contributed by atoms with van der Waals surface area (Å²) in [5, 5.41) is 1.53. The number of rotatable bonds is 1. The molecule has 4 nitrogen and oxygen atoms in total. The average molecular weight is 370 g/mol. The molecular formula is C13H10BrClN4S. The molecule has 0 amide bonds. The van der Waals surface area contributed by atoms with Gasteiger partial charge in [-0.25, -0.2) is 10.8 Å². The normalized spacial score (nSPS) is 14.2. The first-order valence-electron chi connectivity index (χ1n) is 5.82. The van der Waals surface area contributed by atoms with Gasteiger partial charge in [0.25, 0.3) is 0 Å². The molecule has 1 aromatic carbocycles. The summed E-state index contributed by atoms with van der Waals surface area (Å²) in [7, 11) is 0. The van der Waals surface area contributed by atoms with Crippen LogP contribution in [0.1, 0.15) is 11.1 Å². The molecule has 0 unspecified atom stereocenters. The lowest BCUT2D eigenvalue weighted by Crippen LogP contribution is -2.32. The van der Waals surface area contributed by atoms with Crippen molar-refractivity contribution in [3.05, 3.63) is 50.3 Å². The number of nitrogens with one attached hydrogen (secondary N) is 1. The van der Waals surface area contributed by atoms with E-state index in [2.05, 4.69) is 31.3 Å². The number of fused-ring (bicyclic) bond motifs is 1. The highest BCUT2D eigenvalue weighted by Gasteiger charge is 2.20. The van der Waals surface area contributed by atoms with Crippen molar-refractivity contribution >= 4 is 55.4 Å². The van der Waals surface area contributed by atoms with E-state index in [1.807, 2.05) is 30.3 Å². The van der Waals surface area contributed by atoms with Crippen LogP contribution in [-0.4, -0.2) is 18.1 Å². The molecule has 0 bridgehead atoms. The van der Waals surface area contributed by atoms with E-state index in [9.17, 15) is 0 Å². The van der Waals surface area contributed by atoms with E-state index in [1.165, 1.54) is 11.3 Å². The summed E-state index contributed by atoms with van der Waals surface area (Å²) < 4.78 is 0.990. The monoisotopic (exact) mass is 368 g/mol. The highest BCUT2D eigenvalue weighted by molar-refractivity contribution is 9.11. The van der Waals surface area contributed by atoms with Crippen molar-refractivity contribution in [2.75, 3.05) is 6.54 Å². The molecule has 20 heavy (non-hydrogen) atoms. The van der Waals surface area contributed by atoms with Crippen LogP contribution in [-0.2, 0) is 0 Å². The highest BCUT2D eigenvalue weighted by Crippen LogP contribution is 2.37. The topological polar surface area (TPSA) is 62.8 Å². The fourth-order valence-electron chi connectivity index (χ4n) is 1.96. The molecular weight excluding hydrogens is 360 g/mol. The number of thiophene rings is 1. The van der Waals surface area contributed by atoms with Crippen molar-refractivity contribution < 1.29 is 0 Å². The van der Waals surface area contributed by atoms with Crippen molar-refractivity contribution in [2.24, 2.45) is 15.8 Å². The second-order valence-corrected chi connectivity index (χ2v) is 6.93. The van der Waals surface area contributed by atoms with E-state index >= 15 is 0 Å². The summed E-state index contributed by atoms with van der Waals surface area (Å²) in [6, 6.07) is 9.66. The molecule has 0 saturated heterocycles. The van der Waals surface area contributed by atoms with Crippen molar-refractivity contribution in [1.29, 1.82) is 0 Å². The minimum atomic E-state index is 0.399. The number of amidine groups is 1. The standard InChI is InChI=1S/C13H10BrClN4S/c14-10-5-8-12(7-3-1-2-4-9(7)15)17-6-11(19-16)18-13(8)20-10/h1-5H,6,16H2,(H,18,19). The summed E-state index contributed by atoms with van der Waals surface area (Å²) >= 11 is 11.3. The zero-order valence-electron chi connectivity index (χ0n) is 10.2. The van der Waals surface area contributed by atoms with Crippen LogP contribution < -0.4 is 11.3 Å². The first kappa shape index (κ1) is 13.8. The Kier molecular flexibility index (Phi) is 3.89. The molecule has 7 heteroatoms. The van der Waals surface area contributed by atoms with Crippen LogP contribution >= 0.6 is 38.9 Å². The minimum absolute atomic E-state index is 0.399. The molecule has 0 fully saturated rings. The Morgan fingerprint density at radius 1 is 1.30 bits per heavy atom. The number of nitrogens with zero attached hydrogens (tertiary/aromatic N) is 2. The van der Waals surface area contributed by atoms with Crippen LogP contribution in [0.5, 0.6) is 0 Å². The summed E-state index contributed by atoms with van der Waals surface area (Å²) in [5.74, 6) is 6.09.